The number of thiophene rings is 1. The van der Waals surface area contributed by atoms with Crippen LogP contribution in [0.5, 0.6) is 0 Å². The van der Waals surface area contributed by atoms with Gasteiger partial charge in [-0.05, 0) is 67.5 Å². The molecule has 1 aromatic heterocycles. The lowest BCUT2D eigenvalue weighted by atomic mass is 9.99. The zero-order valence-electron chi connectivity index (χ0n) is 15.7. The Morgan fingerprint density at radius 1 is 1.27 bits per heavy atom. The summed E-state index contributed by atoms with van der Waals surface area (Å²) in [6.07, 6.45) is 0.844. The number of rotatable bonds is 3. The van der Waals surface area contributed by atoms with Gasteiger partial charge in [-0.2, -0.15) is 0 Å². The highest BCUT2D eigenvalue weighted by Crippen LogP contribution is 2.34. The molecule has 0 aliphatic carbocycles. The van der Waals surface area contributed by atoms with Crippen LogP contribution in [0.25, 0.3) is 0 Å². The van der Waals surface area contributed by atoms with Crippen molar-refractivity contribution in [1.82, 2.24) is 9.21 Å². The van der Waals surface area contributed by atoms with E-state index < -0.39 is 10.0 Å². The first-order chi connectivity index (χ1) is 12.1. The van der Waals surface area contributed by atoms with Crippen molar-refractivity contribution in [1.29, 1.82) is 0 Å². The van der Waals surface area contributed by atoms with Crippen LogP contribution in [-0.2, 0) is 16.4 Å². The molecule has 2 heterocycles. The SMILES string of the molecule is Cc1cc(C(=O)N2CCc3sccc3C2C)cc(S(=O)(=O)N(C)C)c1C. The Morgan fingerprint density at radius 2 is 1.96 bits per heavy atom. The average Bonchev–Trinajstić information content (AvgIpc) is 3.06. The van der Waals surface area contributed by atoms with Crippen LogP contribution < -0.4 is 0 Å². The van der Waals surface area contributed by atoms with Crippen molar-refractivity contribution >= 4 is 27.3 Å². The molecule has 1 aromatic carbocycles. The summed E-state index contributed by atoms with van der Waals surface area (Å²) < 4.78 is 26.5. The number of hydrogen-bond donors (Lipinski definition) is 0. The highest BCUT2D eigenvalue weighted by atomic mass is 32.2. The molecule has 7 heteroatoms. The first-order valence-corrected chi connectivity index (χ1v) is 10.9. The molecule has 0 bridgehead atoms. The Morgan fingerprint density at radius 3 is 2.62 bits per heavy atom. The fraction of sp³-hybridized carbons (Fsp3) is 0.421. The molecule has 5 nitrogen and oxygen atoms in total. The number of benzene rings is 1. The number of carbonyl (C=O) groups is 1. The van der Waals surface area contributed by atoms with Crippen LogP contribution in [0.2, 0.25) is 0 Å². The Kier molecular flexibility index (Phi) is 4.98. The van der Waals surface area contributed by atoms with Crippen molar-refractivity contribution in [3.05, 3.63) is 50.7 Å². The summed E-state index contributed by atoms with van der Waals surface area (Å²) in [5, 5.41) is 2.06. The third-order valence-corrected chi connectivity index (χ3v) is 8.10. The second-order valence-electron chi connectivity index (χ2n) is 6.93. The van der Waals surface area contributed by atoms with Gasteiger partial charge in [0.15, 0.2) is 0 Å². The van der Waals surface area contributed by atoms with E-state index in [2.05, 4.69) is 11.4 Å². The van der Waals surface area contributed by atoms with Gasteiger partial charge >= 0.3 is 0 Å². The summed E-state index contributed by atoms with van der Waals surface area (Å²) in [4.78, 5) is 16.5. The zero-order chi connectivity index (χ0) is 19.2. The van der Waals surface area contributed by atoms with Gasteiger partial charge in [-0.15, -0.1) is 11.3 Å². The smallest absolute Gasteiger partial charge is 0.254 e. The Labute approximate surface area is 159 Å². The van der Waals surface area contributed by atoms with E-state index in [1.807, 2.05) is 18.7 Å². The van der Waals surface area contributed by atoms with Crippen molar-refractivity contribution in [3.8, 4) is 0 Å². The fourth-order valence-corrected chi connectivity index (χ4v) is 5.55. The summed E-state index contributed by atoms with van der Waals surface area (Å²) >= 11 is 1.73. The summed E-state index contributed by atoms with van der Waals surface area (Å²) in [6.45, 7) is 6.30. The van der Waals surface area contributed by atoms with Crippen LogP contribution in [0.15, 0.2) is 28.5 Å². The number of aryl methyl sites for hydroxylation is 1. The van der Waals surface area contributed by atoms with E-state index >= 15 is 0 Å². The van der Waals surface area contributed by atoms with E-state index in [4.69, 9.17) is 0 Å². The molecule has 140 valence electrons. The predicted octanol–water partition coefficient (Wildman–Crippen LogP) is 3.37. The van der Waals surface area contributed by atoms with Gasteiger partial charge in [0.25, 0.3) is 5.91 Å². The topological polar surface area (TPSA) is 57.7 Å². The second kappa shape index (κ2) is 6.79. The predicted molar refractivity (Wildman–Crippen MR) is 104 cm³/mol. The third-order valence-electron chi connectivity index (χ3n) is 5.16. The summed E-state index contributed by atoms with van der Waals surface area (Å²) in [5.74, 6) is -0.118. The van der Waals surface area contributed by atoms with Gasteiger partial charge < -0.3 is 4.90 Å². The van der Waals surface area contributed by atoms with E-state index in [9.17, 15) is 13.2 Å². The minimum absolute atomic E-state index is 0.00647. The molecule has 26 heavy (non-hydrogen) atoms. The minimum Gasteiger partial charge on any atom is -0.331 e. The van der Waals surface area contributed by atoms with Crippen LogP contribution in [0, 0.1) is 13.8 Å². The van der Waals surface area contributed by atoms with E-state index in [-0.39, 0.29) is 16.8 Å². The lowest BCUT2D eigenvalue weighted by molar-refractivity contribution is 0.0679. The van der Waals surface area contributed by atoms with Gasteiger partial charge in [0.1, 0.15) is 0 Å². The van der Waals surface area contributed by atoms with Crippen LogP contribution in [0.1, 0.15) is 44.9 Å². The molecule has 0 N–H and O–H groups in total. The number of hydrogen-bond acceptors (Lipinski definition) is 4. The molecule has 0 radical (unpaired) electrons. The fourth-order valence-electron chi connectivity index (χ4n) is 3.37. The second-order valence-corrected chi connectivity index (χ2v) is 10.0. The number of nitrogens with zero attached hydrogens (tertiary/aromatic N) is 2. The van der Waals surface area contributed by atoms with Crippen LogP contribution in [0.4, 0.5) is 0 Å². The Balaban J connectivity index is 2.03. The molecule has 0 saturated carbocycles. The first-order valence-electron chi connectivity index (χ1n) is 8.55. The molecule has 0 fully saturated rings. The molecule has 1 amide bonds. The molecule has 1 atom stereocenters. The lowest BCUT2D eigenvalue weighted by Crippen LogP contribution is -2.38. The van der Waals surface area contributed by atoms with Crippen molar-refractivity contribution < 1.29 is 13.2 Å². The zero-order valence-corrected chi connectivity index (χ0v) is 17.4. The van der Waals surface area contributed by atoms with Crippen molar-refractivity contribution in [2.45, 2.75) is 38.1 Å². The molecule has 2 aromatic rings. The largest absolute Gasteiger partial charge is 0.331 e. The highest BCUT2D eigenvalue weighted by molar-refractivity contribution is 7.89. The molecule has 0 saturated heterocycles. The molecule has 0 spiro atoms. The normalized spacial score (nSPS) is 17.5. The number of fused-ring (bicyclic) bond motifs is 1. The van der Waals surface area contributed by atoms with Gasteiger partial charge in [0.05, 0.1) is 10.9 Å². The number of carbonyl (C=O) groups excluding carboxylic acids is 1. The third kappa shape index (κ3) is 3.08. The molecular weight excluding hydrogens is 368 g/mol. The van der Waals surface area contributed by atoms with Crippen molar-refractivity contribution in [2.24, 2.45) is 0 Å². The Hall–Kier alpha value is -1.70. The van der Waals surface area contributed by atoms with Crippen LogP contribution >= 0.6 is 11.3 Å². The maximum atomic E-state index is 13.2. The van der Waals surface area contributed by atoms with Gasteiger partial charge in [0, 0.05) is 31.1 Å². The van der Waals surface area contributed by atoms with Crippen LogP contribution in [0.3, 0.4) is 0 Å². The van der Waals surface area contributed by atoms with Crippen LogP contribution in [-0.4, -0.2) is 44.2 Å². The standard InChI is InChI=1S/C19H24N2O3S2/c1-12-10-15(11-18(13(12)2)26(23,24)20(4)5)19(22)21-8-6-17-16(14(21)3)7-9-25-17/h7,9-11,14H,6,8H2,1-5H3. The van der Waals surface area contributed by atoms with E-state index in [1.165, 1.54) is 34.9 Å². The quantitative estimate of drug-likeness (QED) is 0.805. The Bertz CT molecular complexity index is 961. The molecule has 3 rings (SSSR count). The minimum atomic E-state index is -3.61. The van der Waals surface area contributed by atoms with Crippen molar-refractivity contribution in [3.63, 3.8) is 0 Å². The molecule has 1 aliphatic heterocycles. The van der Waals surface area contributed by atoms with Gasteiger partial charge in [0.2, 0.25) is 10.0 Å². The first kappa shape index (κ1) is 19.1. The van der Waals surface area contributed by atoms with E-state index in [0.29, 0.717) is 17.7 Å². The maximum absolute atomic E-state index is 13.2. The highest BCUT2D eigenvalue weighted by Gasteiger charge is 2.30. The maximum Gasteiger partial charge on any atom is 0.254 e. The van der Waals surface area contributed by atoms with Gasteiger partial charge in [-0.25, -0.2) is 12.7 Å². The summed E-state index contributed by atoms with van der Waals surface area (Å²) in [7, 11) is -0.599. The molecule has 1 aliphatic rings. The summed E-state index contributed by atoms with van der Waals surface area (Å²) in [6, 6.07) is 5.39. The van der Waals surface area contributed by atoms with Crippen molar-refractivity contribution in [2.75, 3.05) is 20.6 Å². The monoisotopic (exact) mass is 392 g/mol. The van der Waals surface area contributed by atoms with Gasteiger partial charge in [-0.3, -0.25) is 4.79 Å². The van der Waals surface area contributed by atoms with E-state index in [0.717, 1.165) is 12.0 Å². The number of amides is 1. The van der Waals surface area contributed by atoms with E-state index in [1.54, 1.807) is 24.3 Å². The lowest BCUT2D eigenvalue weighted by Gasteiger charge is -2.34. The molecular formula is C19H24N2O3S2. The average molecular weight is 393 g/mol. The molecule has 1 unspecified atom stereocenters. The number of sulfonamides is 1. The summed E-state index contributed by atoms with van der Waals surface area (Å²) in [5.41, 5.74) is 3.11. The van der Waals surface area contributed by atoms with Gasteiger partial charge in [-0.1, -0.05) is 0 Å².